The van der Waals surface area contributed by atoms with Gasteiger partial charge in [0, 0.05) is 18.7 Å². The molecule has 1 unspecified atom stereocenters. The van der Waals surface area contributed by atoms with Crippen LogP contribution in [-0.4, -0.2) is 58.9 Å². The summed E-state index contributed by atoms with van der Waals surface area (Å²) in [6, 6.07) is 7.61. The molecule has 25 heavy (non-hydrogen) atoms. The molecule has 5 heteroatoms. The number of nitrogens with zero attached hydrogens (tertiary/aromatic N) is 1. The summed E-state index contributed by atoms with van der Waals surface area (Å²) in [6.07, 6.45) is 4.05. The molecule has 5 nitrogen and oxygen atoms in total. The summed E-state index contributed by atoms with van der Waals surface area (Å²) in [5.74, 6) is -0.0520. The molecule has 1 aliphatic rings. The van der Waals surface area contributed by atoms with Crippen molar-refractivity contribution < 1.29 is 15.0 Å². The van der Waals surface area contributed by atoms with Gasteiger partial charge in [-0.1, -0.05) is 12.1 Å². The molecule has 1 heterocycles. The van der Waals surface area contributed by atoms with Gasteiger partial charge in [0.25, 0.3) is 5.91 Å². The zero-order valence-electron chi connectivity index (χ0n) is 15.5. The average molecular weight is 348 g/mol. The van der Waals surface area contributed by atoms with Crippen LogP contribution in [0.1, 0.15) is 55.5 Å². The number of carbonyl (C=O) groups is 1. The number of hydrogen-bond acceptors (Lipinski definition) is 4. The van der Waals surface area contributed by atoms with Crippen LogP contribution in [-0.2, 0) is 6.42 Å². The number of aliphatic hydroxyl groups is 2. The van der Waals surface area contributed by atoms with Crippen molar-refractivity contribution in [2.24, 2.45) is 0 Å². The van der Waals surface area contributed by atoms with Crippen molar-refractivity contribution in [3.63, 3.8) is 0 Å². The van der Waals surface area contributed by atoms with E-state index in [0.717, 1.165) is 50.9 Å². The van der Waals surface area contributed by atoms with Gasteiger partial charge < -0.3 is 20.4 Å². The molecule has 140 valence electrons. The highest BCUT2D eigenvalue weighted by atomic mass is 16.3. The number of piperidine rings is 1. The van der Waals surface area contributed by atoms with Crippen molar-refractivity contribution in [3.8, 4) is 0 Å². The van der Waals surface area contributed by atoms with Crippen LogP contribution < -0.4 is 5.32 Å². The third-order valence-electron chi connectivity index (χ3n) is 4.63. The molecule has 1 aromatic carbocycles. The van der Waals surface area contributed by atoms with E-state index in [4.69, 9.17) is 0 Å². The lowest BCUT2D eigenvalue weighted by atomic mass is 9.98. The second-order valence-electron chi connectivity index (χ2n) is 7.72. The summed E-state index contributed by atoms with van der Waals surface area (Å²) in [7, 11) is 0. The maximum atomic E-state index is 12.3. The van der Waals surface area contributed by atoms with E-state index < -0.39 is 5.60 Å². The zero-order valence-corrected chi connectivity index (χ0v) is 15.5. The van der Waals surface area contributed by atoms with Crippen molar-refractivity contribution in [1.82, 2.24) is 10.2 Å². The fourth-order valence-electron chi connectivity index (χ4n) is 3.16. The molecule has 0 bridgehead atoms. The van der Waals surface area contributed by atoms with Crippen LogP contribution in [0.4, 0.5) is 0 Å². The molecule has 1 aliphatic heterocycles. The van der Waals surface area contributed by atoms with E-state index in [2.05, 4.69) is 10.2 Å². The van der Waals surface area contributed by atoms with Gasteiger partial charge in [-0.3, -0.25) is 4.79 Å². The number of β-amino-alcohol motifs (C(OH)–C–C–N with tert-alkyl or cyclic N) is 1. The summed E-state index contributed by atoms with van der Waals surface area (Å²) in [4.78, 5) is 14.5. The maximum absolute atomic E-state index is 12.3. The first kappa shape index (κ1) is 19.9. The first-order valence-corrected chi connectivity index (χ1v) is 9.33. The Bertz CT molecular complexity index is 554. The highest BCUT2D eigenvalue weighted by molar-refractivity contribution is 5.94. The van der Waals surface area contributed by atoms with Crippen molar-refractivity contribution in [2.45, 2.75) is 57.7 Å². The Morgan fingerprint density at radius 2 is 2.20 bits per heavy atom. The number of nitrogens with one attached hydrogen (secondary N) is 1. The van der Waals surface area contributed by atoms with E-state index in [1.165, 1.54) is 0 Å². The normalized spacial score (nSPS) is 19.0. The number of rotatable bonds is 8. The minimum Gasteiger partial charge on any atom is -0.392 e. The van der Waals surface area contributed by atoms with Gasteiger partial charge in [-0.25, -0.2) is 0 Å². The molecule has 0 aromatic heterocycles. The predicted molar refractivity (Wildman–Crippen MR) is 99.7 cm³/mol. The van der Waals surface area contributed by atoms with Gasteiger partial charge in [-0.05, 0) is 76.7 Å². The number of aliphatic hydroxyl groups excluding tert-OH is 1. The van der Waals surface area contributed by atoms with Crippen LogP contribution >= 0.6 is 0 Å². The van der Waals surface area contributed by atoms with Crippen LogP contribution in [0.15, 0.2) is 24.3 Å². The lowest BCUT2D eigenvalue weighted by Crippen LogP contribution is -2.39. The number of hydrogen-bond donors (Lipinski definition) is 3. The summed E-state index contributed by atoms with van der Waals surface area (Å²) >= 11 is 0. The molecule has 0 aliphatic carbocycles. The molecule has 2 rings (SSSR count). The number of amides is 1. The van der Waals surface area contributed by atoms with Gasteiger partial charge in [0.15, 0.2) is 0 Å². The zero-order chi connectivity index (χ0) is 18.3. The van der Waals surface area contributed by atoms with Gasteiger partial charge in [-0.15, -0.1) is 0 Å². The highest BCUT2D eigenvalue weighted by Gasteiger charge is 2.17. The van der Waals surface area contributed by atoms with Crippen LogP contribution in [0.3, 0.4) is 0 Å². The molecular formula is C20H32N2O3. The Kier molecular flexibility index (Phi) is 7.41. The van der Waals surface area contributed by atoms with Crippen molar-refractivity contribution >= 4 is 5.91 Å². The number of likely N-dealkylation sites (tertiary alicyclic amines) is 1. The fraction of sp³-hybridized carbons (Fsp3) is 0.650. The lowest BCUT2D eigenvalue weighted by Gasteiger charge is -2.29. The van der Waals surface area contributed by atoms with E-state index in [0.29, 0.717) is 18.5 Å². The number of aryl methyl sites for hydroxylation is 1. The Morgan fingerprint density at radius 1 is 1.40 bits per heavy atom. The Morgan fingerprint density at radius 3 is 2.92 bits per heavy atom. The summed E-state index contributed by atoms with van der Waals surface area (Å²) in [5.41, 5.74) is 1.04. The number of benzene rings is 1. The summed E-state index contributed by atoms with van der Waals surface area (Å²) < 4.78 is 0. The van der Waals surface area contributed by atoms with Crippen molar-refractivity contribution in [2.75, 3.05) is 26.2 Å². The molecule has 1 aromatic rings. The van der Waals surface area contributed by atoms with Gasteiger partial charge >= 0.3 is 0 Å². The fourth-order valence-corrected chi connectivity index (χ4v) is 3.16. The minimum atomic E-state index is -0.694. The Balaban J connectivity index is 1.73. The molecular weight excluding hydrogens is 316 g/mol. The van der Waals surface area contributed by atoms with E-state index in [1.807, 2.05) is 24.3 Å². The SMILES string of the molecule is CC(C)(O)CCc1cccc(C(=O)NCCCN2CCCC(O)C2)c1. The quantitative estimate of drug-likeness (QED) is 0.628. The van der Waals surface area contributed by atoms with E-state index in [1.54, 1.807) is 13.8 Å². The second kappa shape index (κ2) is 9.32. The highest BCUT2D eigenvalue weighted by Crippen LogP contribution is 2.14. The maximum Gasteiger partial charge on any atom is 0.251 e. The van der Waals surface area contributed by atoms with Crippen molar-refractivity contribution in [3.05, 3.63) is 35.4 Å². The second-order valence-corrected chi connectivity index (χ2v) is 7.72. The van der Waals surface area contributed by atoms with E-state index in [9.17, 15) is 15.0 Å². The molecule has 1 amide bonds. The molecule has 1 saturated heterocycles. The largest absolute Gasteiger partial charge is 0.392 e. The first-order valence-electron chi connectivity index (χ1n) is 9.33. The van der Waals surface area contributed by atoms with Gasteiger partial charge in [0.1, 0.15) is 0 Å². The van der Waals surface area contributed by atoms with Crippen LogP contribution in [0.2, 0.25) is 0 Å². The minimum absolute atomic E-state index is 0.0520. The smallest absolute Gasteiger partial charge is 0.251 e. The van der Waals surface area contributed by atoms with Gasteiger partial charge in [0.2, 0.25) is 0 Å². The topological polar surface area (TPSA) is 72.8 Å². The lowest BCUT2D eigenvalue weighted by molar-refractivity contribution is 0.0697. The predicted octanol–water partition coefficient (Wildman–Crippen LogP) is 1.97. The Hall–Kier alpha value is -1.43. The molecule has 3 N–H and O–H groups in total. The van der Waals surface area contributed by atoms with Crippen molar-refractivity contribution in [1.29, 1.82) is 0 Å². The van der Waals surface area contributed by atoms with E-state index in [-0.39, 0.29) is 12.0 Å². The van der Waals surface area contributed by atoms with Gasteiger partial charge in [-0.2, -0.15) is 0 Å². The van der Waals surface area contributed by atoms with E-state index >= 15 is 0 Å². The third kappa shape index (κ3) is 7.55. The molecule has 0 radical (unpaired) electrons. The molecule has 1 atom stereocenters. The monoisotopic (exact) mass is 348 g/mol. The van der Waals surface area contributed by atoms with Gasteiger partial charge in [0.05, 0.1) is 11.7 Å². The standard InChI is InChI=1S/C20H32N2O3/c1-20(2,25)10-9-16-6-3-7-17(14-16)19(24)21-11-5-13-22-12-4-8-18(23)15-22/h3,6-7,14,18,23,25H,4-5,8-13,15H2,1-2H3,(H,21,24). The number of carbonyl (C=O) groups excluding carboxylic acids is 1. The first-order chi connectivity index (χ1) is 11.8. The third-order valence-corrected chi connectivity index (χ3v) is 4.63. The van der Waals surface area contributed by atoms with Crippen LogP contribution in [0.5, 0.6) is 0 Å². The summed E-state index contributed by atoms with van der Waals surface area (Å²) in [6.45, 7) is 6.92. The Labute approximate surface area is 151 Å². The average Bonchev–Trinajstić information content (AvgIpc) is 2.56. The molecule has 0 saturated carbocycles. The van der Waals surface area contributed by atoms with Crippen LogP contribution in [0, 0.1) is 0 Å². The molecule has 0 spiro atoms. The summed E-state index contributed by atoms with van der Waals surface area (Å²) in [5, 5.41) is 22.5. The molecule has 1 fully saturated rings. The van der Waals surface area contributed by atoms with Crippen LogP contribution in [0.25, 0.3) is 0 Å².